The minimum Gasteiger partial charge on any atom is -0.716 e. The molecule has 6 nitrogen and oxygen atoms in total. The average molecular weight is 282 g/mol. The van der Waals surface area contributed by atoms with Crippen LogP contribution in [0.2, 0.25) is 0 Å². The summed E-state index contributed by atoms with van der Waals surface area (Å²) >= 11 is 0. The van der Waals surface area contributed by atoms with Crippen molar-refractivity contribution in [2.45, 2.75) is 0 Å². The van der Waals surface area contributed by atoms with E-state index in [4.69, 9.17) is 9.47 Å². The van der Waals surface area contributed by atoms with Gasteiger partial charge in [-0.05, 0) is 23.8 Å². The molecule has 0 saturated heterocycles. The van der Waals surface area contributed by atoms with Crippen molar-refractivity contribution in [2.75, 3.05) is 14.2 Å². The van der Waals surface area contributed by atoms with Gasteiger partial charge >= 0.3 is 29.6 Å². The maximum atomic E-state index is 10.2. The summed E-state index contributed by atoms with van der Waals surface area (Å²) in [5.41, 5.74) is 0.603. The zero-order chi connectivity index (χ0) is 12.9. The Labute approximate surface area is 128 Å². The molecule has 1 aromatic carbocycles. The monoisotopic (exact) mass is 282 g/mol. The summed E-state index contributed by atoms with van der Waals surface area (Å²) in [5.74, 6) is 1.03. The van der Waals surface area contributed by atoms with Gasteiger partial charge in [-0.15, -0.1) is 0 Å². The molecule has 0 N–H and O–H groups in total. The molecule has 1 aromatic rings. The summed E-state index contributed by atoms with van der Waals surface area (Å²) in [6.45, 7) is 0. The van der Waals surface area contributed by atoms with Gasteiger partial charge in [0.2, 0.25) is 0 Å². The first-order valence-electron chi connectivity index (χ1n) is 4.49. The van der Waals surface area contributed by atoms with Crippen LogP contribution in [-0.4, -0.2) is 27.2 Å². The van der Waals surface area contributed by atoms with E-state index in [1.807, 2.05) is 0 Å². The predicted molar refractivity (Wildman–Crippen MR) is 59.4 cm³/mol. The second kappa shape index (κ2) is 7.65. The SMILES string of the molecule is COc1ccc(/C=C/OS(=O)(=O)[O-])cc1OC.[Na+]. The Hall–Kier alpha value is -0.730. The predicted octanol–water partition coefficient (Wildman–Crippen LogP) is -1.84. The van der Waals surface area contributed by atoms with Gasteiger partial charge in [0.1, 0.15) is 6.26 Å². The fourth-order valence-electron chi connectivity index (χ4n) is 1.13. The molecule has 0 saturated carbocycles. The fraction of sp³-hybridized carbons (Fsp3) is 0.200. The molecule has 0 fully saturated rings. The van der Waals surface area contributed by atoms with Gasteiger partial charge in [0, 0.05) is 0 Å². The van der Waals surface area contributed by atoms with Gasteiger partial charge in [-0.25, -0.2) is 8.42 Å². The third-order valence-corrected chi connectivity index (χ3v) is 2.19. The molecule has 1 rings (SSSR count). The molecule has 0 unspecified atom stereocenters. The fourth-order valence-corrected chi connectivity index (χ4v) is 1.32. The summed E-state index contributed by atoms with van der Waals surface area (Å²) in [6.07, 6.45) is 2.11. The van der Waals surface area contributed by atoms with Gasteiger partial charge in [0.15, 0.2) is 11.5 Å². The molecule has 0 aliphatic carbocycles. The number of hydrogen-bond acceptors (Lipinski definition) is 6. The molecule has 0 bridgehead atoms. The van der Waals surface area contributed by atoms with Gasteiger partial charge in [-0.1, -0.05) is 6.07 Å². The largest absolute Gasteiger partial charge is 1.00 e. The molecule has 0 atom stereocenters. The third kappa shape index (κ3) is 5.74. The molecule has 8 heteroatoms. The van der Waals surface area contributed by atoms with Crippen LogP contribution in [0.4, 0.5) is 0 Å². The van der Waals surface area contributed by atoms with Crippen LogP contribution in [0.25, 0.3) is 6.08 Å². The standard InChI is InChI=1S/C10H12O6S.Na/c1-14-9-4-3-8(7-10(9)15-2)5-6-16-17(11,12)13;/h3-7H,1-2H3,(H,11,12,13);/q;+1/p-1/b6-5+;. The van der Waals surface area contributed by atoms with Crippen molar-refractivity contribution in [1.29, 1.82) is 0 Å². The van der Waals surface area contributed by atoms with Crippen LogP contribution in [-0.2, 0) is 14.6 Å². The number of rotatable bonds is 5. The number of hydrogen-bond donors (Lipinski definition) is 0. The van der Waals surface area contributed by atoms with E-state index < -0.39 is 10.4 Å². The van der Waals surface area contributed by atoms with Crippen molar-refractivity contribution in [1.82, 2.24) is 0 Å². The van der Waals surface area contributed by atoms with E-state index >= 15 is 0 Å². The van der Waals surface area contributed by atoms with E-state index in [1.165, 1.54) is 20.3 Å². The van der Waals surface area contributed by atoms with Crippen LogP contribution in [0.3, 0.4) is 0 Å². The summed E-state index contributed by atoms with van der Waals surface area (Å²) < 4.78 is 44.5. The van der Waals surface area contributed by atoms with Gasteiger partial charge in [-0.2, -0.15) is 0 Å². The molecular formula is C10H11NaO6S. The van der Waals surface area contributed by atoms with Crippen LogP contribution in [0.5, 0.6) is 11.5 Å². The maximum Gasteiger partial charge on any atom is 1.00 e. The molecule has 0 amide bonds. The Kier molecular flexibility index (Phi) is 7.34. The van der Waals surface area contributed by atoms with Crippen molar-refractivity contribution in [3.05, 3.63) is 30.0 Å². The first-order chi connectivity index (χ1) is 7.96. The number of ether oxygens (including phenoxy) is 2. The van der Waals surface area contributed by atoms with E-state index in [-0.39, 0.29) is 29.6 Å². The zero-order valence-electron chi connectivity index (χ0n) is 10.2. The van der Waals surface area contributed by atoms with E-state index in [0.717, 1.165) is 6.26 Å². The molecule has 0 radical (unpaired) electrons. The smallest absolute Gasteiger partial charge is 0.716 e. The Morgan fingerprint density at radius 2 is 1.78 bits per heavy atom. The minimum atomic E-state index is -4.72. The van der Waals surface area contributed by atoms with Crippen LogP contribution in [0, 0.1) is 0 Å². The molecule has 0 aliphatic heterocycles. The topological polar surface area (TPSA) is 84.9 Å². The number of methoxy groups -OCH3 is 2. The molecule has 94 valence electrons. The van der Waals surface area contributed by atoms with Crippen molar-refractivity contribution in [3.63, 3.8) is 0 Å². The van der Waals surface area contributed by atoms with E-state index in [9.17, 15) is 13.0 Å². The van der Waals surface area contributed by atoms with Gasteiger partial charge in [0.05, 0.1) is 14.2 Å². The van der Waals surface area contributed by atoms with E-state index in [0.29, 0.717) is 17.1 Å². The van der Waals surface area contributed by atoms with Gasteiger partial charge in [0.25, 0.3) is 10.4 Å². The number of benzene rings is 1. The van der Waals surface area contributed by atoms with Gasteiger partial charge in [-0.3, -0.25) is 0 Å². The van der Waals surface area contributed by atoms with Crippen molar-refractivity contribution in [3.8, 4) is 11.5 Å². The van der Waals surface area contributed by atoms with E-state index in [1.54, 1.807) is 18.2 Å². The van der Waals surface area contributed by atoms with Crippen LogP contribution < -0.4 is 39.0 Å². The third-order valence-electron chi connectivity index (χ3n) is 1.84. The molecule has 0 spiro atoms. The van der Waals surface area contributed by atoms with Crippen LogP contribution in [0.15, 0.2) is 24.5 Å². The first-order valence-corrected chi connectivity index (χ1v) is 5.82. The Morgan fingerprint density at radius 1 is 1.17 bits per heavy atom. The van der Waals surface area contributed by atoms with Gasteiger partial charge < -0.3 is 18.2 Å². The summed E-state index contributed by atoms with van der Waals surface area (Å²) in [4.78, 5) is 0. The average Bonchev–Trinajstić information content (AvgIpc) is 2.27. The quantitative estimate of drug-likeness (QED) is 0.273. The maximum absolute atomic E-state index is 10.2. The van der Waals surface area contributed by atoms with Crippen LogP contribution >= 0.6 is 0 Å². The molecule has 18 heavy (non-hydrogen) atoms. The van der Waals surface area contributed by atoms with Crippen LogP contribution in [0.1, 0.15) is 5.56 Å². The zero-order valence-corrected chi connectivity index (χ0v) is 13.1. The Bertz CT molecular complexity index is 511. The van der Waals surface area contributed by atoms with Crippen molar-refractivity contribution >= 4 is 16.5 Å². The Morgan fingerprint density at radius 3 is 2.28 bits per heavy atom. The molecule has 0 heterocycles. The van der Waals surface area contributed by atoms with E-state index in [2.05, 4.69) is 4.18 Å². The second-order valence-electron chi connectivity index (χ2n) is 2.92. The first kappa shape index (κ1) is 17.3. The van der Waals surface area contributed by atoms with Crippen molar-refractivity contribution in [2.24, 2.45) is 0 Å². The molecular weight excluding hydrogens is 271 g/mol. The molecule has 0 aliphatic rings. The minimum absolute atomic E-state index is 0. The summed E-state index contributed by atoms with van der Waals surface area (Å²) in [6, 6.07) is 4.90. The normalized spacial score (nSPS) is 10.8. The second-order valence-corrected chi connectivity index (χ2v) is 3.93. The Balaban J connectivity index is 0.00000289. The summed E-state index contributed by atoms with van der Waals surface area (Å²) in [7, 11) is -1.74. The van der Waals surface area contributed by atoms with Crippen molar-refractivity contribution < 1.29 is 56.2 Å². The molecule has 0 aromatic heterocycles. The summed E-state index contributed by atoms with van der Waals surface area (Å²) in [5, 5.41) is 0.